The second kappa shape index (κ2) is 12.8. The van der Waals surface area contributed by atoms with Crippen molar-refractivity contribution in [3.8, 4) is 0 Å². The van der Waals surface area contributed by atoms with Crippen LogP contribution in [-0.2, 0) is 4.79 Å². The van der Waals surface area contributed by atoms with Crippen LogP contribution in [0.2, 0.25) is 0 Å². The van der Waals surface area contributed by atoms with Gasteiger partial charge in [0.25, 0.3) is 0 Å². The molecule has 2 N–H and O–H groups in total. The standard InChI is InChI=1S/C20H40N6O.HI/c1-6-25-11-7-8-18(25)14-21-20(22-15-19(27)24(4)5)23-17-9-12-26(13-10-17)16(2)3;/h16-18H,6-15H2,1-5H3,(H2,21,22,23);1H. The molecule has 2 aliphatic heterocycles. The molecule has 0 bridgehead atoms. The molecule has 28 heavy (non-hydrogen) atoms. The second-order valence-electron chi connectivity index (χ2n) is 8.31. The Labute approximate surface area is 188 Å². The number of halogens is 1. The Morgan fingerprint density at radius 3 is 2.43 bits per heavy atom. The highest BCUT2D eigenvalue weighted by molar-refractivity contribution is 14.0. The Kier molecular flexibility index (Phi) is 11.7. The fourth-order valence-corrected chi connectivity index (χ4v) is 3.95. The largest absolute Gasteiger partial charge is 0.355 e. The normalized spacial score (nSPS) is 22.2. The summed E-state index contributed by atoms with van der Waals surface area (Å²) >= 11 is 0. The van der Waals surface area contributed by atoms with Crippen LogP contribution in [0, 0.1) is 0 Å². The number of carbonyl (C=O) groups is 1. The van der Waals surface area contributed by atoms with Gasteiger partial charge in [0, 0.05) is 51.9 Å². The van der Waals surface area contributed by atoms with Crippen LogP contribution in [0.1, 0.15) is 46.5 Å². The molecule has 0 saturated carbocycles. The van der Waals surface area contributed by atoms with Crippen molar-refractivity contribution in [2.24, 2.45) is 4.99 Å². The number of likely N-dealkylation sites (tertiary alicyclic amines) is 2. The van der Waals surface area contributed by atoms with E-state index in [2.05, 4.69) is 46.2 Å². The molecule has 1 unspecified atom stereocenters. The molecule has 164 valence electrons. The monoisotopic (exact) mass is 508 g/mol. The molecule has 1 atom stereocenters. The van der Waals surface area contributed by atoms with Crippen LogP contribution in [0.3, 0.4) is 0 Å². The van der Waals surface area contributed by atoms with E-state index >= 15 is 0 Å². The Hall–Kier alpha value is -0.610. The summed E-state index contributed by atoms with van der Waals surface area (Å²) in [4.78, 5) is 23.2. The lowest BCUT2D eigenvalue weighted by molar-refractivity contribution is -0.127. The van der Waals surface area contributed by atoms with Crippen LogP contribution in [0.25, 0.3) is 0 Å². The van der Waals surface area contributed by atoms with Gasteiger partial charge in [0.15, 0.2) is 5.96 Å². The summed E-state index contributed by atoms with van der Waals surface area (Å²) in [6, 6.07) is 1.60. The quantitative estimate of drug-likeness (QED) is 0.311. The van der Waals surface area contributed by atoms with Crippen molar-refractivity contribution < 1.29 is 4.79 Å². The fourth-order valence-electron chi connectivity index (χ4n) is 3.95. The average Bonchev–Trinajstić information content (AvgIpc) is 3.11. The minimum Gasteiger partial charge on any atom is -0.355 e. The molecule has 2 saturated heterocycles. The molecule has 8 heteroatoms. The minimum atomic E-state index is 0. The predicted octanol–water partition coefficient (Wildman–Crippen LogP) is 1.58. The number of hydrogen-bond donors (Lipinski definition) is 2. The zero-order chi connectivity index (χ0) is 19.8. The number of aliphatic imine (C=N–C) groups is 1. The van der Waals surface area contributed by atoms with E-state index in [9.17, 15) is 4.79 Å². The summed E-state index contributed by atoms with van der Waals surface area (Å²) in [5.41, 5.74) is 0. The third kappa shape index (κ3) is 8.02. The maximum Gasteiger partial charge on any atom is 0.243 e. The van der Waals surface area contributed by atoms with Gasteiger partial charge in [0.2, 0.25) is 5.91 Å². The molecule has 0 radical (unpaired) electrons. The molecular weight excluding hydrogens is 467 g/mol. The van der Waals surface area contributed by atoms with Crippen molar-refractivity contribution >= 4 is 35.8 Å². The lowest BCUT2D eigenvalue weighted by Gasteiger charge is -2.35. The van der Waals surface area contributed by atoms with Crippen molar-refractivity contribution in [1.29, 1.82) is 0 Å². The Balaban J connectivity index is 0.00000392. The molecule has 2 rings (SSSR count). The van der Waals surface area contributed by atoms with Crippen LogP contribution >= 0.6 is 24.0 Å². The van der Waals surface area contributed by atoms with E-state index in [1.807, 2.05) is 0 Å². The third-order valence-corrected chi connectivity index (χ3v) is 5.88. The predicted molar refractivity (Wildman–Crippen MR) is 128 cm³/mol. The number of carbonyl (C=O) groups excluding carboxylic acids is 1. The van der Waals surface area contributed by atoms with Gasteiger partial charge in [0.05, 0.1) is 0 Å². The van der Waals surface area contributed by atoms with Crippen LogP contribution < -0.4 is 10.6 Å². The first-order valence-corrected chi connectivity index (χ1v) is 10.6. The smallest absolute Gasteiger partial charge is 0.243 e. The van der Waals surface area contributed by atoms with E-state index in [4.69, 9.17) is 0 Å². The van der Waals surface area contributed by atoms with Crippen molar-refractivity contribution in [2.75, 3.05) is 53.4 Å². The van der Waals surface area contributed by atoms with E-state index in [1.165, 1.54) is 19.4 Å². The summed E-state index contributed by atoms with van der Waals surface area (Å²) < 4.78 is 0. The molecule has 7 nitrogen and oxygen atoms in total. The van der Waals surface area contributed by atoms with Gasteiger partial charge < -0.3 is 20.4 Å². The van der Waals surface area contributed by atoms with Gasteiger partial charge in [-0.25, -0.2) is 4.99 Å². The van der Waals surface area contributed by atoms with E-state index in [0.29, 0.717) is 18.1 Å². The maximum absolute atomic E-state index is 12.0. The highest BCUT2D eigenvalue weighted by atomic mass is 127. The number of amides is 1. The van der Waals surface area contributed by atoms with Crippen molar-refractivity contribution in [3.63, 3.8) is 0 Å². The van der Waals surface area contributed by atoms with Gasteiger partial charge in [-0.15, -0.1) is 24.0 Å². The number of rotatable bonds is 7. The van der Waals surface area contributed by atoms with Gasteiger partial charge in [-0.1, -0.05) is 6.92 Å². The first-order valence-electron chi connectivity index (χ1n) is 10.6. The van der Waals surface area contributed by atoms with E-state index in [0.717, 1.165) is 45.0 Å². The Morgan fingerprint density at radius 2 is 1.86 bits per heavy atom. The first kappa shape index (κ1) is 25.4. The van der Waals surface area contributed by atoms with Crippen molar-refractivity contribution in [2.45, 2.75) is 64.6 Å². The van der Waals surface area contributed by atoms with Crippen LogP contribution in [0.15, 0.2) is 4.99 Å². The topological polar surface area (TPSA) is 63.2 Å². The van der Waals surface area contributed by atoms with Gasteiger partial charge in [-0.3, -0.25) is 9.69 Å². The van der Waals surface area contributed by atoms with Gasteiger partial charge >= 0.3 is 0 Å². The highest BCUT2D eigenvalue weighted by Gasteiger charge is 2.24. The summed E-state index contributed by atoms with van der Waals surface area (Å²) in [7, 11) is 3.55. The zero-order valence-electron chi connectivity index (χ0n) is 18.4. The Bertz CT molecular complexity index is 491. The molecular formula is C20H41IN6O. The Morgan fingerprint density at radius 1 is 1.18 bits per heavy atom. The number of nitrogens with one attached hydrogen (secondary N) is 2. The summed E-state index contributed by atoms with van der Waals surface area (Å²) in [6.45, 7) is 12.3. The number of hydrogen-bond acceptors (Lipinski definition) is 4. The van der Waals surface area contributed by atoms with Crippen LogP contribution in [0.4, 0.5) is 0 Å². The van der Waals surface area contributed by atoms with Crippen LogP contribution in [-0.4, -0.2) is 98.1 Å². The van der Waals surface area contributed by atoms with Gasteiger partial charge in [-0.2, -0.15) is 0 Å². The molecule has 0 spiro atoms. The summed E-state index contributed by atoms with van der Waals surface area (Å²) in [5, 5.41) is 7.10. The molecule has 1 amide bonds. The molecule has 0 aliphatic carbocycles. The molecule has 0 aromatic rings. The molecule has 2 fully saturated rings. The van der Waals surface area contributed by atoms with E-state index in [-0.39, 0.29) is 36.4 Å². The SMILES string of the molecule is CCN1CCCC1CNC(=NCC(=O)N(C)C)NC1CCN(C(C)C)CC1.I. The summed E-state index contributed by atoms with van der Waals surface area (Å²) in [5.74, 6) is 0.818. The van der Waals surface area contributed by atoms with Gasteiger partial charge in [0.1, 0.15) is 6.54 Å². The maximum atomic E-state index is 12.0. The zero-order valence-corrected chi connectivity index (χ0v) is 20.7. The number of piperidine rings is 1. The van der Waals surface area contributed by atoms with Crippen LogP contribution in [0.5, 0.6) is 0 Å². The lowest BCUT2D eigenvalue weighted by atomic mass is 10.0. The van der Waals surface area contributed by atoms with Gasteiger partial charge in [-0.05, 0) is 52.6 Å². The average molecular weight is 508 g/mol. The number of guanidine groups is 1. The number of likely N-dealkylation sites (N-methyl/N-ethyl adjacent to an activating group) is 2. The van der Waals surface area contributed by atoms with Crippen molar-refractivity contribution in [1.82, 2.24) is 25.3 Å². The fraction of sp³-hybridized carbons (Fsp3) is 0.900. The first-order chi connectivity index (χ1) is 12.9. The van der Waals surface area contributed by atoms with E-state index in [1.54, 1.807) is 19.0 Å². The second-order valence-corrected chi connectivity index (χ2v) is 8.31. The molecule has 2 heterocycles. The minimum absolute atomic E-state index is 0. The number of nitrogens with zero attached hydrogens (tertiary/aromatic N) is 4. The summed E-state index contributed by atoms with van der Waals surface area (Å²) in [6.07, 6.45) is 4.74. The van der Waals surface area contributed by atoms with E-state index < -0.39 is 0 Å². The molecule has 0 aromatic carbocycles. The molecule has 2 aliphatic rings. The molecule has 0 aromatic heterocycles. The third-order valence-electron chi connectivity index (χ3n) is 5.88. The van der Waals surface area contributed by atoms with Crippen molar-refractivity contribution in [3.05, 3.63) is 0 Å². The highest BCUT2D eigenvalue weighted by Crippen LogP contribution is 2.16. The lowest BCUT2D eigenvalue weighted by Crippen LogP contribution is -2.51.